The number of rotatable bonds is 4. The van der Waals surface area contributed by atoms with Gasteiger partial charge in [0.1, 0.15) is 6.61 Å². The van der Waals surface area contributed by atoms with Gasteiger partial charge in [0, 0.05) is 16.5 Å². The number of para-hydroxylation sites is 1. The van der Waals surface area contributed by atoms with Gasteiger partial charge in [-0.05, 0) is 29.7 Å². The van der Waals surface area contributed by atoms with Crippen LogP contribution >= 0.6 is 0 Å². The van der Waals surface area contributed by atoms with Gasteiger partial charge in [-0.1, -0.05) is 59.0 Å². The SMILES string of the molecule is CCC1(OC(=O)C(N)[Si](C)(C)C(C)(C)C)C(=O)OCc2c1cc1n(c2=O)Cc2cc3ccccc3nc2-1. The van der Waals surface area contributed by atoms with Crippen molar-refractivity contribution in [2.24, 2.45) is 5.73 Å². The van der Waals surface area contributed by atoms with Crippen LogP contribution in [0.25, 0.3) is 22.3 Å². The van der Waals surface area contributed by atoms with Crippen molar-refractivity contribution >= 4 is 30.9 Å². The molecule has 0 amide bonds. The van der Waals surface area contributed by atoms with E-state index in [2.05, 4.69) is 20.8 Å². The number of nitrogens with zero attached hydrogens (tertiary/aromatic N) is 2. The summed E-state index contributed by atoms with van der Waals surface area (Å²) in [6.45, 7) is 12.2. The number of benzene rings is 1. The van der Waals surface area contributed by atoms with E-state index in [9.17, 15) is 14.4 Å². The van der Waals surface area contributed by atoms with E-state index >= 15 is 0 Å². The summed E-state index contributed by atoms with van der Waals surface area (Å²) in [4.78, 5) is 45.3. The van der Waals surface area contributed by atoms with Crippen LogP contribution in [-0.2, 0) is 37.8 Å². The van der Waals surface area contributed by atoms with E-state index < -0.39 is 31.3 Å². The third-order valence-corrected chi connectivity index (χ3v) is 14.3. The summed E-state index contributed by atoms with van der Waals surface area (Å²) >= 11 is 0. The largest absolute Gasteiger partial charge is 0.457 e. The Labute approximate surface area is 216 Å². The molecule has 2 unspecified atom stereocenters. The number of ether oxygens (including phenoxy) is 2. The van der Waals surface area contributed by atoms with E-state index in [0.717, 1.165) is 16.5 Å². The maximum atomic E-state index is 13.7. The second kappa shape index (κ2) is 8.36. The van der Waals surface area contributed by atoms with E-state index in [1.807, 2.05) is 43.4 Å². The number of nitrogens with two attached hydrogens (primary N) is 1. The Hall–Kier alpha value is -3.30. The summed E-state index contributed by atoms with van der Waals surface area (Å²) in [6.07, 6.45) is 0.107. The van der Waals surface area contributed by atoms with Crippen LogP contribution in [0.5, 0.6) is 0 Å². The molecule has 0 aliphatic carbocycles. The Balaban J connectivity index is 1.64. The number of carbonyl (C=O) groups is 2. The van der Waals surface area contributed by atoms with Crippen LogP contribution in [0.3, 0.4) is 0 Å². The topological polar surface area (TPSA) is 114 Å². The summed E-state index contributed by atoms with van der Waals surface area (Å²) in [5.74, 6) is -1.34. The third-order valence-electron chi connectivity index (χ3n) is 8.62. The van der Waals surface area contributed by atoms with Crippen LogP contribution in [0.4, 0.5) is 0 Å². The summed E-state index contributed by atoms with van der Waals surface area (Å²) in [5, 5.41) is 0.815. The van der Waals surface area contributed by atoms with Gasteiger partial charge in [-0.25, -0.2) is 9.78 Å². The predicted molar refractivity (Wildman–Crippen MR) is 144 cm³/mol. The molecule has 1 aromatic carbocycles. The Morgan fingerprint density at radius 2 is 1.95 bits per heavy atom. The lowest BCUT2D eigenvalue weighted by Crippen LogP contribution is -2.60. The van der Waals surface area contributed by atoms with Gasteiger partial charge < -0.3 is 19.8 Å². The van der Waals surface area contributed by atoms with E-state index in [4.69, 9.17) is 20.2 Å². The number of hydrogen-bond acceptors (Lipinski definition) is 7. The van der Waals surface area contributed by atoms with Crippen LogP contribution in [-0.4, -0.2) is 35.2 Å². The molecule has 4 heterocycles. The summed E-state index contributed by atoms with van der Waals surface area (Å²) < 4.78 is 13.1. The number of carbonyl (C=O) groups excluding carboxylic acids is 2. The van der Waals surface area contributed by atoms with Gasteiger partial charge in [0.25, 0.3) is 5.56 Å². The van der Waals surface area contributed by atoms with Crippen molar-refractivity contribution in [2.75, 3.05) is 0 Å². The fraction of sp³-hybridized carbons (Fsp3) is 0.429. The molecular weight excluding hydrogens is 486 g/mol. The molecule has 2 aliphatic heterocycles. The molecule has 3 aromatic rings. The molecule has 2 aliphatic rings. The lowest BCUT2D eigenvalue weighted by atomic mass is 9.85. The average molecular weight is 520 g/mol. The summed E-state index contributed by atoms with van der Waals surface area (Å²) in [7, 11) is -2.34. The monoisotopic (exact) mass is 519 g/mol. The van der Waals surface area contributed by atoms with E-state index in [0.29, 0.717) is 29.1 Å². The molecule has 9 heteroatoms. The van der Waals surface area contributed by atoms with Gasteiger partial charge >= 0.3 is 11.9 Å². The summed E-state index contributed by atoms with van der Waals surface area (Å²) in [5.41, 5.74) is 7.28. The second-order valence-corrected chi connectivity index (χ2v) is 17.2. The lowest BCUT2D eigenvalue weighted by molar-refractivity contribution is -0.189. The first-order chi connectivity index (χ1) is 17.3. The van der Waals surface area contributed by atoms with Gasteiger partial charge in [0.05, 0.1) is 42.8 Å². The highest BCUT2D eigenvalue weighted by Gasteiger charge is 2.53. The normalized spacial score (nSPS) is 19.6. The first-order valence-electron chi connectivity index (χ1n) is 12.6. The molecule has 37 heavy (non-hydrogen) atoms. The molecule has 0 saturated carbocycles. The molecule has 0 spiro atoms. The molecule has 0 radical (unpaired) electrons. The minimum Gasteiger partial charge on any atom is -0.457 e. The highest BCUT2D eigenvalue weighted by Crippen LogP contribution is 2.43. The molecule has 5 rings (SSSR count). The standard InChI is InChI=1S/C28H33N3O5Si/c1-7-28(36-25(33)23(29)37(5,6)27(2,3)4)19-13-21-22-17(12-16-10-8-9-11-20(16)30-22)14-31(21)24(32)18(19)15-35-26(28)34/h8-13,23H,7,14-15,29H2,1-6H3. The zero-order valence-electron chi connectivity index (χ0n) is 22.2. The van der Waals surface area contributed by atoms with Crippen molar-refractivity contribution in [3.63, 3.8) is 0 Å². The average Bonchev–Trinajstić information content (AvgIpc) is 3.21. The van der Waals surface area contributed by atoms with Crippen LogP contribution in [0.15, 0.2) is 41.2 Å². The Kier molecular flexibility index (Phi) is 5.73. The Morgan fingerprint density at radius 1 is 1.24 bits per heavy atom. The minimum atomic E-state index is -2.34. The third kappa shape index (κ3) is 3.66. The molecule has 8 nitrogen and oxygen atoms in total. The molecule has 2 aromatic heterocycles. The van der Waals surface area contributed by atoms with Crippen LogP contribution in [0.2, 0.25) is 18.1 Å². The van der Waals surface area contributed by atoms with Crippen molar-refractivity contribution in [1.82, 2.24) is 9.55 Å². The van der Waals surface area contributed by atoms with Crippen molar-refractivity contribution in [3.05, 3.63) is 63.4 Å². The highest BCUT2D eigenvalue weighted by molar-refractivity contribution is 6.84. The molecular formula is C28H33N3O5Si. The van der Waals surface area contributed by atoms with Crippen LogP contribution in [0.1, 0.15) is 50.8 Å². The maximum Gasteiger partial charge on any atom is 0.355 e. The van der Waals surface area contributed by atoms with E-state index in [-0.39, 0.29) is 23.6 Å². The fourth-order valence-corrected chi connectivity index (χ4v) is 6.66. The zero-order chi connectivity index (χ0) is 26.9. The van der Waals surface area contributed by atoms with E-state index in [1.54, 1.807) is 17.6 Å². The van der Waals surface area contributed by atoms with Gasteiger partial charge in [0.2, 0.25) is 5.60 Å². The molecule has 2 N–H and O–H groups in total. The quantitative estimate of drug-likeness (QED) is 0.320. The highest BCUT2D eigenvalue weighted by atomic mass is 28.3. The molecule has 194 valence electrons. The van der Waals surface area contributed by atoms with Gasteiger partial charge in [0.15, 0.2) is 0 Å². The Morgan fingerprint density at radius 3 is 2.62 bits per heavy atom. The van der Waals surface area contributed by atoms with Crippen molar-refractivity contribution in [3.8, 4) is 11.4 Å². The van der Waals surface area contributed by atoms with Crippen molar-refractivity contribution < 1.29 is 19.1 Å². The molecule has 0 saturated heterocycles. The number of hydrogen-bond donors (Lipinski definition) is 1. The predicted octanol–water partition coefficient (Wildman–Crippen LogP) is 4.01. The number of fused-ring (bicyclic) bond motifs is 5. The van der Waals surface area contributed by atoms with Crippen LogP contribution < -0.4 is 11.3 Å². The number of pyridine rings is 2. The smallest absolute Gasteiger partial charge is 0.355 e. The van der Waals surface area contributed by atoms with Gasteiger partial charge in [-0.3, -0.25) is 9.59 Å². The first-order valence-corrected chi connectivity index (χ1v) is 15.7. The number of cyclic esters (lactones) is 1. The fourth-order valence-electron chi connectivity index (χ4n) is 5.08. The lowest BCUT2D eigenvalue weighted by Gasteiger charge is -2.42. The Bertz CT molecular complexity index is 1520. The first kappa shape index (κ1) is 25.4. The minimum absolute atomic E-state index is 0.107. The maximum absolute atomic E-state index is 13.7. The summed E-state index contributed by atoms with van der Waals surface area (Å²) in [6, 6.07) is 11.6. The number of aromatic nitrogens is 2. The van der Waals surface area contributed by atoms with Crippen LogP contribution in [0, 0.1) is 0 Å². The van der Waals surface area contributed by atoms with Gasteiger partial charge in [-0.2, -0.15) is 0 Å². The van der Waals surface area contributed by atoms with Crippen molar-refractivity contribution in [2.45, 2.75) is 76.7 Å². The van der Waals surface area contributed by atoms with Crippen molar-refractivity contribution in [1.29, 1.82) is 0 Å². The van der Waals surface area contributed by atoms with Gasteiger partial charge in [-0.15, -0.1) is 0 Å². The zero-order valence-corrected chi connectivity index (χ0v) is 23.2. The second-order valence-electron chi connectivity index (χ2n) is 11.6. The number of esters is 2. The van der Waals surface area contributed by atoms with E-state index in [1.165, 1.54) is 0 Å². The molecule has 0 bridgehead atoms. The molecule has 2 atom stereocenters. The molecule has 0 fully saturated rings.